The van der Waals surface area contributed by atoms with Gasteiger partial charge in [0.15, 0.2) is 0 Å². The number of carboxylic acids is 1. The summed E-state index contributed by atoms with van der Waals surface area (Å²) in [6.07, 6.45) is 1.97. The van der Waals surface area contributed by atoms with Crippen molar-refractivity contribution in [2.24, 2.45) is 0 Å². The minimum atomic E-state index is -1.10. The van der Waals surface area contributed by atoms with E-state index in [9.17, 15) is 14.4 Å². The van der Waals surface area contributed by atoms with Crippen molar-refractivity contribution in [3.8, 4) is 0 Å². The Morgan fingerprint density at radius 2 is 2.33 bits per heavy atom. The van der Waals surface area contributed by atoms with Crippen molar-refractivity contribution in [3.05, 3.63) is 11.8 Å². The maximum atomic E-state index is 11.7. The van der Waals surface area contributed by atoms with Crippen LogP contribution in [-0.2, 0) is 14.4 Å². The van der Waals surface area contributed by atoms with Gasteiger partial charge in [0.25, 0.3) is 5.91 Å². The van der Waals surface area contributed by atoms with Crippen LogP contribution < -0.4 is 5.32 Å². The van der Waals surface area contributed by atoms with Gasteiger partial charge >= 0.3 is 5.97 Å². The molecule has 2 aliphatic rings. The van der Waals surface area contributed by atoms with Crippen molar-refractivity contribution < 1.29 is 19.5 Å². The fourth-order valence-electron chi connectivity index (χ4n) is 1.80. The molecule has 0 bridgehead atoms. The number of carbonyl (C=O) groups is 3. The molecule has 1 saturated heterocycles. The number of carbonyl (C=O) groups excluding carboxylic acids is 2. The zero-order chi connectivity index (χ0) is 11.0. The quantitative estimate of drug-likeness (QED) is 0.616. The van der Waals surface area contributed by atoms with E-state index in [0.717, 1.165) is 0 Å². The first-order chi connectivity index (χ1) is 7.09. The van der Waals surface area contributed by atoms with Gasteiger partial charge in [-0.05, 0) is 6.42 Å². The number of nitrogens with zero attached hydrogens (tertiary/aromatic N) is 1. The summed E-state index contributed by atoms with van der Waals surface area (Å²) in [5.74, 6) is -1.79. The normalized spacial score (nSPS) is 24.7. The Kier molecular flexibility index (Phi) is 2.18. The average molecular weight is 210 g/mol. The molecular formula is C9H10N2O4. The van der Waals surface area contributed by atoms with Gasteiger partial charge < -0.3 is 15.3 Å². The molecule has 2 amide bonds. The number of hydrogen-bond acceptors (Lipinski definition) is 3. The Morgan fingerprint density at radius 3 is 3.00 bits per heavy atom. The molecule has 2 aliphatic heterocycles. The molecule has 2 N–H and O–H groups in total. The highest BCUT2D eigenvalue weighted by atomic mass is 16.4. The zero-order valence-electron chi connectivity index (χ0n) is 7.90. The van der Waals surface area contributed by atoms with Crippen molar-refractivity contribution in [3.63, 3.8) is 0 Å². The molecule has 0 aromatic carbocycles. The second kappa shape index (κ2) is 3.38. The second-order valence-corrected chi connectivity index (χ2v) is 3.49. The summed E-state index contributed by atoms with van der Waals surface area (Å²) >= 11 is 0. The van der Waals surface area contributed by atoms with Gasteiger partial charge in [-0.1, -0.05) is 6.08 Å². The second-order valence-electron chi connectivity index (χ2n) is 3.49. The summed E-state index contributed by atoms with van der Waals surface area (Å²) in [5, 5.41) is 11.0. The average Bonchev–Trinajstić information content (AvgIpc) is 2.61. The monoisotopic (exact) mass is 210 g/mol. The summed E-state index contributed by atoms with van der Waals surface area (Å²) in [7, 11) is 0. The SMILES string of the molecule is O=C(O)CC1NC(=O)C2=CCCN2C1=O. The molecule has 0 radical (unpaired) electrons. The summed E-state index contributed by atoms with van der Waals surface area (Å²) in [4.78, 5) is 35.0. The first-order valence-corrected chi connectivity index (χ1v) is 4.64. The molecule has 2 heterocycles. The van der Waals surface area contributed by atoms with Crippen LogP contribution in [0.1, 0.15) is 12.8 Å². The lowest BCUT2D eigenvalue weighted by Gasteiger charge is -2.30. The standard InChI is InChI=1S/C9H10N2O4/c12-7(13)4-5-9(15)11-3-1-2-6(11)8(14)10-5/h2,5H,1,3-4H2,(H,10,14)(H,12,13). The molecular weight excluding hydrogens is 200 g/mol. The third-order valence-corrected chi connectivity index (χ3v) is 2.46. The maximum Gasteiger partial charge on any atom is 0.305 e. The number of aliphatic carboxylic acids is 1. The first-order valence-electron chi connectivity index (χ1n) is 4.64. The number of rotatable bonds is 2. The molecule has 80 valence electrons. The highest BCUT2D eigenvalue weighted by molar-refractivity contribution is 6.05. The lowest BCUT2D eigenvalue weighted by molar-refractivity contribution is -0.145. The van der Waals surface area contributed by atoms with E-state index in [1.54, 1.807) is 6.08 Å². The van der Waals surface area contributed by atoms with Crippen molar-refractivity contribution in [2.45, 2.75) is 18.9 Å². The molecule has 0 aromatic rings. The minimum absolute atomic E-state index is 0.333. The van der Waals surface area contributed by atoms with Crippen LogP contribution >= 0.6 is 0 Å². The third kappa shape index (κ3) is 1.58. The van der Waals surface area contributed by atoms with E-state index in [0.29, 0.717) is 18.7 Å². The lowest BCUT2D eigenvalue weighted by atomic mass is 10.1. The molecule has 0 spiro atoms. The lowest BCUT2D eigenvalue weighted by Crippen LogP contribution is -2.56. The predicted octanol–water partition coefficient (Wildman–Crippen LogP) is -0.924. The van der Waals surface area contributed by atoms with Crippen LogP contribution in [-0.4, -0.2) is 40.4 Å². The summed E-state index contributed by atoms with van der Waals surface area (Å²) in [5.41, 5.74) is 0.349. The fraction of sp³-hybridized carbons (Fsp3) is 0.444. The van der Waals surface area contributed by atoms with Crippen LogP contribution in [0.2, 0.25) is 0 Å². The van der Waals surface area contributed by atoms with E-state index in [4.69, 9.17) is 5.11 Å². The van der Waals surface area contributed by atoms with Crippen LogP contribution in [0.5, 0.6) is 0 Å². The summed E-state index contributed by atoms with van der Waals surface area (Å²) in [6.45, 7) is 0.470. The Labute approximate surface area is 85.5 Å². The Hall–Kier alpha value is -1.85. The van der Waals surface area contributed by atoms with Crippen molar-refractivity contribution in [1.82, 2.24) is 10.2 Å². The fourth-order valence-corrected chi connectivity index (χ4v) is 1.80. The number of nitrogens with one attached hydrogen (secondary N) is 1. The zero-order valence-corrected chi connectivity index (χ0v) is 7.90. The number of carboxylic acid groups (broad SMARTS) is 1. The van der Waals surface area contributed by atoms with Crippen molar-refractivity contribution >= 4 is 17.8 Å². The van der Waals surface area contributed by atoms with Crippen LogP contribution in [0.4, 0.5) is 0 Å². The predicted molar refractivity (Wildman–Crippen MR) is 48.6 cm³/mol. The molecule has 6 heteroatoms. The summed E-state index contributed by atoms with van der Waals surface area (Å²) in [6, 6.07) is -0.926. The van der Waals surface area contributed by atoms with Gasteiger partial charge in [0.1, 0.15) is 11.7 Å². The van der Waals surface area contributed by atoms with E-state index in [1.165, 1.54) is 4.90 Å². The van der Waals surface area contributed by atoms with E-state index < -0.39 is 12.0 Å². The number of hydrogen-bond donors (Lipinski definition) is 2. The van der Waals surface area contributed by atoms with E-state index in [2.05, 4.69) is 5.32 Å². The highest BCUT2D eigenvalue weighted by Gasteiger charge is 2.39. The number of fused-ring (bicyclic) bond motifs is 1. The molecule has 0 aliphatic carbocycles. The first kappa shape index (κ1) is 9.70. The molecule has 1 atom stereocenters. The van der Waals surface area contributed by atoms with Crippen LogP contribution in [0.3, 0.4) is 0 Å². The molecule has 15 heavy (non-hydrogen) atoms. The number of amides is 2. The molecule has 1 fully saturated rings. The van der Waals surface area contributed by atoms with Gasteiger partial charge in [0.2, 0.25) is 5.91 Å². The molecule has 0 saturated carbocycles. The largest absolute Gasteiger partial charge is 0.481 e. The third-order valence-electron chi connectivity index (χ3n) is 2.46. The molecule has 1 unspecified atom stereocenters. The Bertz CT molecular complexity index is 374. The van der Waals surface area contributed by atoms with Gasteiger partial charge in [-0.3, -0.25) is 14.4 Å². The Balaban J connectivity index is 2.18. The molecule has 6 nitrogen and oxygen atoms in total. The molecule has 0 aromatic heterocycles. The minimum Gasteiger partial charge on any atom is -0.481 e. The van der Waals surface area contributed by atoms with E-state index >= 15 is 0 Å². The smallest absolute Gasteiger partial charge is 0.305 e. The van der Waals surface area contributed by atoms with Crippen LogP contribution in [0, 0.1) is 0 Å². The van der Waals surface area contributed by atoms with Crippen molar-refractivity contribution in [2.75, 3.05) is 6.54 Å². The van der Waals surface area contributed by atoms with E-state index in [1.807, 2.05) is 0 Å². The van der Waals surface area contributed by atoms with Crippen LogP contribution in [0.15, 0.2) is 11.8 Å². The van der Waals surface area contributed by atoms with Gasteiger partial charge in [-0.2, -0.15) is 0 Å². The molecule has 2 rings (SSSR count). The maximum absolute atomic E-state index is 11.7. The topological polar surface area (TPSA) is 86.7 Å². The van der Waals surface area contributed by atoms with Crippen LogP contribution in [0.25, 0.3) is 0 Å². The van der Waals surface area contributed by atoms with Gasteiger partial charge in [-0.25, -0.2) is 0 Å². The number of piperazine rings is 1. The van der Waals surface area contributed by atoms with Gasteiger partial charge in [0.05, 0.1) is 6.42 Å². The van der Waals surface area contributed by atoms with Gasteiger partial charge in [0, 0.05) is 6.54 Å². The van der Waals surface area contributed by atoms with E-state index in [-0.39, 0.29) is 18.2 Å². The highest BCUT2D eigenvalue weighted by Crippen LogP contribution is 2.21. The Morgan fingerprint density at radius 1 is 1.60 bits per heavy atom. The summed E-state index contributed by atoms with van der Waals surface area (Å²) < 4.78 is 0. The van der Waals surface area contributed by atoms with Gasteiger partial charge in [-0.15, -0.1) is 0 Å². The van der Waals surface area contributed by atoms with Crippen molar-refractivity contribution in [1.29, 1.82) is 0 Å².